The van der Waals surface area contributed by atoms with E-state index in [9.17, 15) is 14.0 Å². The summed E-state index contributed by atoms with van der Waals surface area (Å²) in [4.78, 5) is 30.6. The molecule has 8 heteroatoms. The van der Waals surface area contributed by atoms with Crippen LogP contribution in [0.25, 0.3) is 11.3 Å². The van der Waals surface area contributed by atoms with E-state index in [2.05, 4.69) is 21.4 Å². The zero-order valence-electron chi connectivity index (χ0n) is 18.6. The van der Waals surface area contributed by atoms with Crippen molar-refractivity contribution in [2.75, 3.05) is 10.6 Å². The monoisotopic (exact) mass is 474 g/mol. The number of fused-ring (bicyclic) bond motifs is 1. The molecule has 1 aliphatic heterocycles. The van der Waals surface area contributed by atoms with Crippen LogP contribution < -0.4 is 10.6 Å². The van der Waals surface area contributed by atoms with E-state index in [1.807, 2.05) is 31.2 Å². The maximum atomic E-state index is 13.4. The number of carbonyl (C=O) groups is 2. The summed E-state index contributed by atoms with van der Waals surface area (Å²) in [5, 5.41) is 6.22. The highest BCUT2D eigenvalue weighted by Crippen LogP contribution is 2.29. The SMILES string of the molecule is Cc1cc(NC(=O)c2cccc(F)c2)sc1C(=O)Nc1cccc(-c2cn3c(n2)CCCC3)c1. The van der Waals surface area contributed by atoms with Gasteiger partial charge >= 0.3 is 0 Å². The topological polar surface area (TPSA) is 76.0 Å². The number of benzene rings is 2. The minimum absolute atomic E-state index is 0.217. The Balaban J connectivity index is 1.30. The third kappa shape index (κ3) is 4.63. The fourth-order valence-corrected chi connectivity index (χ4v) is 5.04. The zero-order valence-corrected chi connectivity index (χ0v) is 19.4. The van der Waals surface area contributed by atoms with Crippen LogP contribution in [0.1, 0.15) is 44.3 Å². The summed E-state index contributed by atoms with van der Waals surface area (Å²) >= 11 is 1.18. The van der Waals surface area contributed by atoms with Crippen LogP contribution in [-0.2, 0) is 13.0 Å². The number of nitrogens with zero attached hydrogens (tertiary/aromatic N) is 2. The second-order valence-electron chi connectivity index (χ2n) is 8.32. The molecule has 0 fully saturated rings. The van der Waals surface area contributed by atoms with Crippen molar-refractivity contribution in [3.63, 3.8) is 0 Å². The zero-order chi connectivity index (χ0) is 23.7. The first-order chi connectivity index (χ1) is 16.5. The van der Waals surface area contributed by atoms with Crippen LogP contribution in [0.15, 0.2) is 60.8 Å². The largest absolute Gasteiger partial charge is 0.334 e. The summed E-state index contributed by atoms with van der Waals surface area (Å²) in [6, 6.07) is 14.9. The molecule has 2 aromatic heterocycles. The molecule has 0 radical (unpaired) electrons. The van der Waals surface area contributed by atoms with Gasteiger partial charge in [0.1, 0.15) is 11.6 Å². The van der Waals surface area contributed by atoms with E-state index >= 15 is 0 Å². The molecule has 2 amide bonds. The Morgan fingerprint density at radius 1 is 1.03 bits per heavy atom. The van der Waals surface area contributed by atoms with Crippen LogP contribution in [0.4, 0.5) is 15.1 Å². The van der Waals surface area contributed by atoms with E-state index in [4.69, 9.17) is 4.98 Å². The van der Waals surface area contributed by atoms with E-state index in [-0.39, 0.29) is 11.5 Å². The van der Waals surface area contributed by atoms with Gasteiger partial charge in [0, 0.05) is 36.0 Å². The second-order valence-corrected chi connectivity index (χ2v) is 9.37. The Bertz CT molecular complexity index is 1370. The molecule has 2 aromatic carbocycles. The van der Waals surface area contributed by atoms with Crippen LogP contribution in [0.2, 0.25) is 0 Å². The molecular formula is C26H23FN4O2S. The molecule has 6 nitrogen and oxygen atoms in total. The average molecular weight is 475 g/mol. The summed E-state index contributed by atoms with van der Waals surface area (Å²) in [5.74, 6) is -0.0519. The number of hydrogen-bond donors (Lipinski definition) is 2. The van der Waals surface area contributed by atoms with Crippen molar-refractivity contribution in [1.82, 2.24) is 9.55 Å². The number of rotatable bonds is 5. The maximum Gasteiger partial charge on any atom is 0.266 e. The third-order valence-electron chi connectivity index (χ3n) is 5.77. The quantitative estimate of drug-likeness (QED) is 0.378. The highest BCUT2D eigenvalue weighted by molar-refractivity contribution is 7.18. The molecule has 34 heavy (non-hydrogen) atoms. The van der Waals surface area contributed by atoms with E-state index in [1.165, 1.54) is 42.0 Å². The lowest BCUT2D eigenvalue weighted by Gasteiger charge is -2.11. The summed E-state index contributed by atoms with van der Waals surface area (Å²) in [6.45, 7) is 2.81. The lowest BCUT2D eigenvalue weighted by Crippen LogP contribution is -2.11. The van der Waals surface area contributed by atoms with Gasteiger partial charge in [-0.15, -0.1) is 11.3 Å². The van der Waals surface area contributed by atoms with Gasteiger partial charge in [-0.2, -0.15) is 0 Å². The minimum atomic E-state index is -0.479. The third-order valence-corrected chi connectivity index (χ3v) is 6.92. The molecule has 0 unspecified atom stereocenters. The van der Waals surface area contributed by atoms with Crippen molar-refractivity contribution < 1.29 is 14.0 Å². The van der Waals surface area contributed by atoms with Gasteiger partial charge in [0.2, 0.25) is 0 Å². The molecule has 5 rings (SSSR count). The lowest BCUT2D eigenvalue weighted by molar-refractivity contribution is 0.101. The predicted molar refractivity (Wildman–Crippen MR) is 132 cm³/mol. The van der Waals surface area contributed by atoms with E-state index in [1.54, 1.807) is 6.07 Å². The molecule has 0 saturated carbocycles. The summed E-state index contributed by atoms with van der Waals surface area (Å²) in [7, 11) is 0. The molecule has 0 aliphatic carbocycles. The Labute approximate surface area is 200 Å². The van der Waals surface area contributed by atoms with Crippen molar-refractivity contribution in [3.05, 3.63) is 88.4 Å². The maximum absolute atomic E-state index is 13.4. The molecule has 0 spiro atoms. The Morgan fingerprint density at radius 3 is 2.71 bits per heavy atom. The van der Waals surface area contributed by atoms with Crippen molar-refractivity contribution in [1.29, 1.82) is 0 Å². The fourth-order valence-electron chi connectivity index (χ4n) is 4.08. The van der Waals surface area contributed by atoms with Crippen LogP contribution >= 0.6 is 11.3 Å². The van der Waals surface area contributed by atoms with Crippen molar-refractivity contribution in [2.24, 2.45) is 0 Å². The van der Waals surface area contributed by atoms with Crippen molar-refractivity contribution in [2.45, 2.75) is 32.7 Å². The van der Waals surface area contributed by atoms with Gasteiger partial charge in [-0.1, -0.05) is 18.2 Å². The average Bonchev–Trinajstić information content (AvgIpc) is 3.42. The predicted octanol–water partition coefficient (Wildman–Crippen LogP) is 5.90. The Hall–Kier alpha value is -3.78. The second kappa shape index (κ2) is 9.23. The lowest BCUT2D eigenvalue weighted by atomic mass is 10.1. The smallest absolute Gasteiger partial charge is 0.266 e. The first-order valence-corrected chi connectivity index (χ1v) is 11.9. The minimum Gasteiger partial charge on any atom is -0.334 e. The van der Waals surface area contributed by atoms with Gasteiger partial charge in [0.25, 0.3) is 11.8 Å². The number of nitrogens with one attached hydrogen (secondary N) is 2. The summed E-state index contributed by atoms with van der Waals surface area (Å²) in [6.07, 6.45) is 5.40. The van der Waals surface area contributed by atoms with Gasteiger partial charge in [0.05, 0.1) is 15.6 Å². The standard InChI is InChI=1S/C26H23FN4O2S/c1-16-12-23(30-25(32)18-7-4-8-19(27)13-18)34-24(16)26(33)28-20-9-5-6-17(14-20)21-15-31-11-3-2-10-22(31)29-21/h4-9,12-15H,2-3,10-11H2,1H3,(H,28,33)(H,30,32). The Kier molecular flexibility index (Phi) is 5.98. The summed E-state index contributed by atoms with van der Waals surface area (Å²) in [5.41, 5.74) is 3.49. The van der Waals surface area contributed by atoms with Gasteiger partial charge in [-0.3, -0.25) is 9.59 Å². The van der Waals surface area contributed by atoms with Crippen LogP contribution in [-0.4, -0.2) is 21.4 Å². The van der Waals surface area contributed by atoms with Gasteiger partial charge in [0.15, 0.2) is 0 Å². The molecule has 0 saturated heterocycles. The van der Waals surface area contributed by atoms with E-state index in [0.717, 1.165) is 42.0 Å². The van der Waals surface area contributed by atoms with Crippen molar-refractivity contribution >= 4 is 33.8 Å². The van der Waals surface area contributed by atoms with Gasteiger partial charge in [-0.05, 0) is 61.7 Å². The number of amides is 2. The number of anilines is 2. The van der Waals surface area contributed by atoms with Gasteiger partial charge < -0.3 is 15.2 Å². The molecular weight excluding hydrogens is 451 g/mol. The van der Waals surface area contributed by atoms with Crippen LogP contribution in [0.5, 0.6) is 0 Å². The molecule has 172 valence electrons. The number of hydrogen-bond acceptors (Lipinski definition) is 4. The van der Waals surface area contributed by atoms with E-state index < -0.39 is 11.7 Å². The highest BCUT2D eigenvalue weighted by atomic mass is 32.1. The van der Waals surface area contributed by atoms with Crippen molar-refractivity contribution in [3.8, 4) is 11.3 Å². The molecule has 1 aliphatic rings. The molecule has 4 aromatic rings. The van der Waals surface area contributed by atoms with E-state index in [0.29, 0.717) is 15.6 Å². The number of aromatic nitrogens is 2. The fraction of sp³-hybridized carbons (Fsp3) is 0.192. The molecule has 0 bridgehead atoms. The first kappa shape index (κ1) is 22.0. The molecule has 0 atom stereocenters. The number of aryl methyl sites for hydroxylation is 3. The van der Waals surface area contributed by atoms with Gasteiger partial charge in [-0.25, -0.2) is 9.37 Å². The normalized spacial score (nSPS) is 12.8. The number of imidazole rings is 1. The highest BCUT2D eigenvalue weighted by Gasteiger charge is 2.17. The van der Waals surface area contributed by atoms with Crippen LogP contribution in [0, 0.1) is 12.7 Å². The number of thiophene rings is 1. The molecule has 3 heterocycles. The molecule has 2 N–H and O–H groups in total. The first-order valence-electron chi connectivity index (χ1n) is 11.1. The van der Waals surface area contributed by atoms with Crippen LogP contribution in [0.3, 0.4) is 0 Å². The number of carbonyl (C=O) groups excluding carboxylic acids is 2. The Morgan fingerprint density at radius 2 is 1.88 bits per heavy atom. The number of halogens is 1. The summed E-state index contributed by atoms with van der Waals surface area (Å²) < 4.78 is 15.6.